The summed E-state index contributed by atoms with van der Waals surface area (Å²) in [5.41, 5.74) is 4.49. The molecule has 0 amide bonds. The van der Waals surface area contributed by atoms with E-state index >= 15 is 0 Å². The van der Waals surface area contributed by atoms with Crippen molar-refractivity contribution in [1.29, 1.82) is 0 Å². The van der Waals surface area contributed by atoms with Gasteiger partial charge in [0.15, 0.2) is 0 Å². The Bertz CT molecular complexity index is 360. The van der Waals surface area contributed by atoms with Crippen LogP contribution in [0.25, 0.3) is 0 Å². The van der Waals surface area contributed by atoms with Crippen LogP contribution in [0.5, 0.6) is 0 Å². The standard InChI is InChI=1S/C15H20/c1-11(2)10-12(3)14-9-8-13-6-4-5-7-15(13)14/h4-7,11,14H,3,8-10H2,1-2H3. The molecule has 0 aromatic heterocycles. The van der Waals surface area contributed by atoms with Crippen molar-refractivity contribution in [1.82, 2.24) is 0 Å². The summed E-state index contributed by atoms with van der Waals surface area (Å²) in [5.74, 6) is 1.36. The Kier molecular flexibility index (Phi) is 2.95. The van der Waals surface area contributed by atoms with Gasteiger partial charge in [-0.2, -0.15) is 0 Å². The molecule has 1 aromatic carbocycles. The minimum atomic E-state index is 0.628. The lowest BCUT2D eigenvalue weighted by Crippen LogP contribution is -2.00. The van der Waals surface area contributed by atoms with Gasteiger partial charge in [-0.15, -0.1) is 0 Å². The second kappa shape index (κ2) is 4.22. The van der Waals surface area contributed by atoms with Crippen molar-refractivity contribution >= 4 is 0 Å². The number of aryl methyl sites for hydroxylation is 1. The molecule has 15 heavy (non-hydrogen) atoms. The Labute approximate surface area is 93.0 Å². The average molecular weight is 200 g/mol. The lowest BCUT2D eigenvalue weighted by molar-refractivity contribution is 0.601. The Morgan fingerprint density at radius 1 is 1.40 bits per heavy atom. The van der Waals surface area contributed by atoms with Crippen LogP contribution in [0.3, 0.4) is 0 Å². The molecule has 0 radical (unpaired) electrons. The molecule has 1 atom stereocenters. The molecule has 80 valence electrons. The second-order valence-corrected chi connectivity index (χ2v) is 5.05. The Hall–Kier alpha value is -1.04. The molecule has 0 heteroatoms. The molecule has 0 nitrogen and oxygen atoms in total. The van der Waals surface area contributed by atoms with Crippen LogP contribution in [-0.2, 0) is 6.42 Å². The number of benzene rings is 1. The molecule has 0 saturated carbocycles. The SMILES string of the molecule is C=C(CC(C)C)C1CCc2ccccc21. The van der Waals surface area contributed by atoms with Gasteiger partial charge in [0.25, 0.3) is 0 Å². The third kappa shape index (κ3) is 2.14. The molecule has 1 aromatic rings. The Balaban J connectivity index is 2.17. The zero-order valence-electron chi connectivity index (χ0n) is 9.79. The molecule has 0 heterocycles. The van der Waals surface area contributed by atoms with Crippen molar-refractivity contribution < 1.29 is 0 Å². The third-order valence-corrected chi connectivity index (χ3v) is 3.30. The highest BCUT2D eigenvalue weighted by molar-refractivity contribution is 5.39. The van der Waals surface area contributed by atoms with Gasteiger partial charge in [0.1, 0.15) is 0 Å². The van der Waals surface area contributed by atoms with E-state index < -0.39 is 0 Å². The summed E-state index contributed by atoms with van der Waals surface area (Å²) >= 11 is 0. The van der Waals surface area contributed by atoms with Gasteiger partial charge in [0.05, 0.1) is 0 Å². The van der Waals surface area contributed by atoms with Crippen molar-refractivity contribution in [2.24, 2.45) is 5.92 Å². The molecule has 0 bridgehead atoms. The minimum absolute atomic E-state index is 0.628. The number of rotatable bonds is 3. The van der Waals surface area contributed by atoms with Gasteiger partial charge in [-0.05, 0) is 36.3 Å². The quantitative estimate of drug-likeness (QED) is 0.637. The van der Waals surface area contributed by atoms with Gasteiger partial charge in [0, 0.05) is 5.92 Å². The summed E-state index contributed by atoms with van der Waals surface area (Å²) < 4.78 is 0. The van der Waals surface area contributed by atoms with E-state index in [1.54, 1.807) is 0 Å². The second-order valence-electron chi connectivity index (χ2n) is 5.05. The molecule has 0 N–H and O–H groups in total. The van der Waals surface area contributed by atoms with Gasteiger partial charge in [-0.25, -0.2) is 0 Å². The van der Waals surface area contributed by atoms with E-state index in [4.69, 9.17) is 0 Å². The van der Waals surface area contributed by atoms with E-state index in [1.165, 1.54) is 36.0 Å². The first-order valence-electron chi connectivity index (χ1n) is 5.94. The zero-order chi connectivity index (χ0) is 10.8. The summed E-state index contributed by atoms with van der Waals surface area (Å²) in [6.45, 7) is 8.82. The van der Waals surface area contributed by atoms with E-state index in [0.29, 0.717) is 5.92 Å². The molecule has 2 rings (SSSR count). The Morgan fingerprint density at radius 3 is 2.87 bits per heavy atom. The molecule has 0 aliphatic heterocycles. The molecular weight excluding hydrogens is 180 g/mol. The van der Waals surface area contributed by atoms with Gasteiger partial charge < -0.3 is 0 Å². The van der Waals surface area contributed by atoms with Crippen LogP contribution >= 0.6 is 0 Å². The van der Waals surface area contributed by atoms with Crippen molar-refractivity contribution in [2.45, 2.75) is 39.0 Å². The maximum Gasteiger partial charge on any atom is 0.00514 e. The fraction of sp³-hybridized carbons (Fsp3) is 0.467. The number of allylic oxidation sites excluding steroid dienone is 1. The van der Waals surface area contributed by atoms with Crippen LogP contribution in [0.15, 0.2) is 36.4 Å². The van der Waals surface area contributed by atoms with E-state index in [9.17, 15) is 0 Å². The number of fused-ring (bicyclic) bond motifs is 1. The highest BCUT2D eigenvalue weighted by atomic mass is 14.3. The lowest BCUT2D eigenvalue weighted by Gasteiger charge is -2.16. The normalized spacial score (nSPS) is 19.3. The smallest absolute Gasteiger partial charge is 0.00514 e. The predicted molar refractivity (Wildman–Crippen MR) is 66.1 cm³/mol. The van der Waals surface area contributed by atoms with E-state index in [0.717, 1.165) is 5.92 Å². The summed E-state index contributed by atoms with van der Waals surface area (Å²) in [6, 6.07) is 8.84. The van der Waals surface area contributed by atoms with Crippen molar-refractivity contribution in [3.63, 3.8) is 0 Å². The lowest BCUT2D eigenvalue weighted by atomic mass is 9.88. The first-order valence-corrected chi connectivity index (χ1v) is 5.94. The zero-order valence-corrected chi connectivity index (χ0v) is 9.79. The van der Waals surface area contributed by atoms with Crippen molar-refractivity contribution in [3.05, 3.63) is 47.5 Å². The van der Waals surface area contributed by atoms with E-state index in [2.05, 4.69) is 44.7 Å². The summed E-state index contributed by atoms with van der Waals surface area (Å²) in [6.07, 6.45) is 3.67. The fourth-order valence-electron chi connectivity index (χ4n) is 2.65. The monoisotopic (exact) mass is 200 g/mol. The summed E-state index contributed by atoms with van der Waals surface area (Å²) in [4.78, 5) is 0. The van der Waals surface area contributed by atoms with Crippen LogP contribution in [0.1, 0.15) is 43.7 Å². The van der Waals surface area contributed by atoms with Crippen molar-refractivity contribution in [3.8, 4) is 0 Å². The van der Waals surface area contributed by atoms with E-state index in [-0.39, 0.29) is 0 Å². The third-order valence-electron chi connectivity index (χ3n) is 3.30. The van der Waals surface area contributed by atoms with Gasteiger partial charge in [-0.3, -0.25) is 0 Å². The molecular formula is C15H20. The average Bonchev–Trinajstić information content (AvgIpc) is 2.59. The fourth-order valence-corrected chi connectivity index (χ4v) is 2.65. The molecule has 0 saturated heterocycles. The minimum Gasteiger partial charge on any atom is -0.0992 e. The maximum absolute atomic E-state index is 4.28. The highest BCUT2D eigenvalue weighted by Crippen LogP contribution is 2.39. The molecule has 1 aliphatic carbocycles. The predicted octanol–water partition coefficient (Wildman–Crippen LogP) is 4.32. The van der Waals surface area contributed by atoms with Crippen LogP contribution < -0.4 is 0 Å². The Morgan fingerprint density at radius 2 is 2.13 bits per heavy atom. The van der Waals surface area contributed by atoms with Crippen molar-refractivity contribution in [2.75, 3.05) is 0 Å². The van der Waals surface area contributed by atoms with Crippen LogP contribution in [0, 0.1) is 5.92 Å². The van der Waals surface area contributed by atoms with Gasteiger partial charge in [0.2, 0.25) is 0 Å². The van der Waals surface area contributed by atoms with E-state index in [1.807, 2.05) is 0 Å². The van der Waals surface area contributed by atoms with Crippen LogP contribution in [0.2, 0.25) is 0 Å². The maximum atomic E-state index is 4.28. The first kappa shape index (κ1) is 10.5. The summed E-state index contributed by atoms with van der Waals surface area (Å²) in [5, 5.41) is 0. The molecule has 0 spiro atoms. The molecule has 0 fully saturated rings. The number of hydrogen-bond donors (Lipinski definition) is 0. The van der Waals surface area contributed by atoms with Crippen LogP contribution in [0.4, 0.5) is 0 Å². The topological polar surface area (TPSA) is 0 Å². The number of hydrogen-bond acceptors (Lipinski definition) is 0. The first-order chi connectivity index (χ1) is 7.18. The summed E-state index contributed by atoms with van der Waals surface area (Å²) in [7, 11) is 0. The molecule has 1 unspecified atom stereocenters. The van der Waals surface area contributed by atoms with Crippen LogP contribution in [-0.4, -0.2) is 0 Å². The van der Waals surface area contributed by atoms with Gasteiger partial charge >= 0.3 is 0 Å². The molecule has 1 aliphatic rings. The highest BCUT2D eigenvalue weighted by Gasteiger charge is 2.24. The largest absolute Gasteiger partial charge is 0.0992 e. The van der Waals surface area contributed by atoms with Gasteiger partial charge in [-0.1, -0.05) is 50.3 Å².